The molecule has 0 saturated carbocycles. The first-order chi connectivity index (χ1) is 9.81. The van der Waals surface area contributed by atoms with Crippen LogP contribution in [0.5, 0.6) is 0 Å². The molecule has 2 rings (SSSR count). The van der Waals surface area contributed by atoms with Gasteiger partial charge in [0.1, 0.15) is 0 Å². The second-order valence-corrected chi connectivity index (χ2v) is 4.56. The summed E-state index contributed by atoms with van der Waals surface area (Å²) in [6.45, 7) is 3.94. The van der Waals surface area contributed by atoms with Gasteiger partial charge in [-0.3, -0.25) is 0 Å². The lowest BCUT2D eigenvalue weighted by Crippen LogP contribution is -2.23. The number of nitrogens with zero attached hydrogens (tertiary/aromatic N) is 2. The summed E-state index contributed by atoms with van der Waals surface area (Å²) in [6, 6.07) is 10.4. The van der Waals surface area contributed by atoms with Crippen molar-refractivity contribution in [3.63, 3.8) is 0 Å². The molecule has 0 aliphatic carbocycles. The Morgan fingerprint density at radius 2 is 2.25 bits per heavy atom. The van der Waals surface area contributed by atoms with Crippen LogP contribution in [0.25, 0.3) is 5.69 Å². The van der Waals surface area contributed by atoms with Gasteiger partial charge in [0.15, 0.2) is 0 Å². The molecule has 0 fully saturated rings. The number of aromatic nitrogens is 2. The lowest BCUT2D eigenvalue weighted by molar-refractivity contribution is 0.0928. The quantitative estimate of drug-likeness (QED) is 0.717. The summed E-state index contributed by atoms with van der Waals surface area (Å²) in [6.07, 6.45) is 3.70. The molecule has 0 aliphatic rings. The topological polar surface area (TPSA) is 59.3 Å². The number of aliphatic hydroxyl groups is 1. The number of ether oxygens (including phenoxy) is 1. The third-order valence-corrected chi connectivity index (χ3v) is 3.07. The molecule has 2 N–H and O–H groups in total. The van der Waals surface area contributed by atoms with Crippen LogP contribution >= 0.6 is 0 Å². The summed E-state index contributed by atoms with van der Waals surface area (Å²) in [7, 11) is 0. The van der Waals surface area contributed by atoms with Crippen LogP contribution in [0, 0.1) is 0 Å². The zero-order valence-corrected chi connectivity index (χ0v) is 11.7. The number of nitrogens with one attached hydrogen (secondary N) is 1. The van der Waals surface area contributed by atoms with Gasteiger partial charge in [-0.15, -0.1) is 0 Å². The molecule has 0 amide bonds. The smallest absolute Gasteiger partial charge is 0.0698 e. The summed E-state index contributed by atoms with van der Waals surface area (Å²) < 4.78 is 7.07. The lowest BCUT2D eigenvalue weighted by atomic mass is 10.1. The van der Waals surface area contributed by atoms with Gasteiger partial charge in [0.25, 0.3) is 0 Å². The van der Waals surface area contributed by atoms with Crippen molar-refractivity contribution in [3.8, 4) is 5.69 Å². The van der Waals surface area contributed by atoms with E-state index in [0.717, 1.165) is 12.2 Å². The molecule has 1 heterocycles. The molecule has 2 aromatic rings. The molecule has 0 saturated heterocycles. The van der Waals surface area contributed by atoms with Crippen molar-refractivity contribution in [1.82, 2.24) is 15.1 Å². The SMILES string of the molecule is CC(NCCOCCO)c1cccc(-n2cccn2)c1. The van der Waals surface area contributed by atoms with Crippen LogP contribution in [0.4, 0.5) is 0 Å². The van der Waals surface area contributed by atoms with Gasteiger partial charge in [0.05, 0.1) is 25.5 Å². The van der Waals surface area contributed by atoms with Gasteiger partial charge >= 0.3 is 0 Å². The van der Waals surface area contributed by atoms with Gasteiger partial charge in [-0.25, -0.2) is 4.68 Å². The number of hydrogen-bond donors (Lipinski definition) is 2. The van der Waals surface area contributed by atoms with E-state index in [1.54, 1.807) is 6.20 Å². The Kier molecular flexibility index (Phi) is 5.73. The van der Waals surface area contributed by atoms with Crippen molar-refractivity contribution in [2.45, 2.75) is 13.0 Å². The Hall–Kier alpha value is -1.69. The van der Waals surface area contributed by atoms with E-state index in [9.17, 15) is 0 Å². The highest BCUT2D eigenvalue weighted by Gasteiger charge is 2.06. The Labute approximate surface area is 119 Å². The average Bonchev–Trinajstić information content (AvgIpc) is 3.01. The molecule has 1 unspecified atom stereocenters. The highest BCUT2D eigenvalue weighted by molar-refractivity contribution is 5.36. The third kappa shape index (κ3) is 4.16. The van der Waals surface area contributed by atoms with E-state index in [1.165, 1.54) is 5.56 Å². The third-order valence-electron chi connectivity index (χ3n) is 3.07. The monoisotopic (exact) mass is 275 g/mol. The first-order valence-corrected chi connectivity index (χ1v) is 6.83. The molecule has 1 aromatic carbocycles. The van der Waals surface area contributed by atoms with E-state index >= 15 is 0 Å². The van der Waals surface area contributed by atoms with Crippen LogP contribution < -0.4 is 5.32 Å². The van der Waals surface area contributed by atoms with E-state index in [2.05, 4.69) is 29.5 Å². The molecule has 1 aromatic heterocycles. The van der Waals surface area contributed by atoms with Crippen molar-refractivity contribution in [2.24, 2.45) is 0 Å². The van der Waals surface area contributed by atoms with Crippen molar-refractivity contribution in [3.05, 3.63) is 48.3 Å². The lowest BCUT2D eigenvalue weighted by Gasteiger charge is -2.15. The number of aliphatic hydroxyl groups excluding tert-OH is 1. The minimum atomic E-state index is 0.0709. The van der Waals surface area contributed by atoms with E-state index < -0.39 is 0 Å². The first-order valence-electron chi connectivity index (χ1n) is 6.83. The van der Waals surface area contributed by atoms with Crippen molar-refractivity contribution in [1.29, 1.82) is 0 Å². The summed E-state index contributed by atoms with van der Waals surface area (Å²) >= 11 is 0. The fourth-order valence-electron chi connectivity index (χ4n) is 1.99. The summed E-state index contributed by atoms with van der Waals surface area (Å²) in [5, 5.41) is 16.2. The zero-order valence-electron chi connectivity index (χ0n) is 11.7. The zero-order chi connectivity index (χ0) is 14.2. The molecule has 0 spiro atoms. The highest BCUT2D eigenvalue weighted by Crippen LogP contribution is 2.16. The van der Waals surface area contributed by atoms with Crippen LogP contribution in [0.3, 0.4) is 0 Å². The Morgan fingerprint density at radius 1 is 1.35 bits per heavy atom. The highest BCUT2D eigenvalue weighted by atomic mass is 16.5. The van der Waals surface area contributed by atoms with E-state index in [-0.39, 0.29) is 12.6 Å². The predicted octanol–water partition coefficient (Wildman–Crippen LogP) is 1.53. The van der Waals surface area contributed by atoms with Gasteiger partial charge in [-0.1, -0.05) is 12.1 Å². The normalized spacial score (nSPS) is 12.5. The van der Waals surface area contributed by atoms with Gasteiger partial charge in [0, 0.05) is 25.0 Å². The largest absolute Gasteiger partial charge is 0.394 e. The Morgan fingerprint density at radius 3 is 3.00 bits per heavy atom. The average molecular weight is 275 g/mol. The molecule has 20 heavy (non-hydrogen) atoms. The van der Waals surface area contributed by atoms with Crippen molar-refractivity contribution in [2.75, 3.05) is 26.4 Å². The molecule has 108 valence electrons. The molecule has 1 atom stereocenters. The minimum Gasteiger partial charge on any atom is -0.394 e. The number of rotatable bonds is 8. The van der Waals surface area contributed by atoms with Gasteiger partial charge in [0.2, 0.25) is 0 Å². The van der Waals surface area contributed by atoms with Crippen molar-refractivity contribution >= 4 is 0 Å². The van der Waals surface area contributed by atoms with Gasteiger partial charge < -0.3 is 15.2 Å². The Bertz CT molecular complexity index is 500. The molecule has 5 nitrogen and oxygen atoms in total. The molecular formula is C15H21N3O2. The molecule has 0 bridgehead atoms. The molecular weight excluding hydrogens is 254 g/mol. The Balaban J connectivity index is 1.90. The fourth-order valence-corrected chi connectivity index (χ4v) is 1.99. The molecule has 5 heteroatoms. The second-order valence-electron chi connectivity index (χ2n) is 4.56. The predicted molar refractivity (Wildman–Crippen MR) is 77.9 cm³/mol. The second kappa shape index (κ2) is 7.79. The summed E-state index contributed by atoms with van der Waals surface area (Å²) in [5.41, 5.74) is 2.26. The van der Waals surface area contributed by atoms with Crippen LogP contribution in [-0.4, -0.2) is 41.3 Å². The standard InChI is InChI=1S/C15H21N3O2/c1-13(16-7-10-20-11-9-19)14-4-2-5-15(12-14)18-8-3-6-17-18/h2-6,8,12-13,16,19H,7,9-11H2,1H3. The first kappa shape index (κ1) is 14.7. The maximum Gasteiger partial charge on any atom is 0.0698 e. The van der Waals surface area contributed by atoms with Crippen molar-refractivity contribution < 1.29 is 9.84 Å². The van der Waals surface area contributed by atoms with Crippen LogP contribution in [-0.2, 0) is 4.74 Å². The maximum absolute atomic E-state index is 8.62. The molecule has 0 aliphatic heterocycles. The maximum atomic E-state index is 8.62. The molecule has 0 radical (unpaired) electrons. The summed E-state index contributed by atoms with van der Waals surface area (Å²) in [5.74, 6) is 0. The minimum absolute atomic E-state index is 0.0709. The van der Waals surface area contributed by atoms with Gasteiger partial charge in [-0.05, 0) is 30.7 Å². The van der Waals surface area contributed by atoms with E-state index in [0.29, 0.717) is 13.2 Å². The van der Waals surface area contributed by atoms with E-state index in [4.69, 9.17) is 9.84 Å². The number of benzene rings is 1. The van der Waals surface area contributed by atoms with Crippen LogP contribution in [0.15, 0.2) is 42.7 Å². The fraction of sp³-hybridized carbons (Fsp3) is 0.400. The van der Waals surface area contributed by atoms with Gasteiger partial charge in [-0.2, -0.15) is 5.10 Å². The number of hydrogen-bond acceptors (Lipinski definition) is 4. The van der Waals surface area contributed by atoms with E-state index in [1.807, 2.05) is 29.1 Å². The van der Waals surface area contributed by atoms with Crippen LogP contribution in [0.2, 0.25) is 0 Å². The summed E-state index contributed by atoms with van der Waals surface area (Å²) in [4.78, 5) is 0. The van der Waals surface area contributed by atoms with Crippen LogP contribution in [0.1, 0.15) is 18.5 Å².